The van der Waals surface area contributed by atoms with Gasteiger partial charge in [0.2, 0.25) is 0 Å². The van der Waals surface area contributed by atoms with Crippen LogP contribution in [0.5, 0.6) is 0 Å². The Morgan fingerprint density at radius 1 is 0.885 bits per heavy atom. The van der Waals surface area contributed by atoms with Gasteiger partial charge in [-0.2, -0.15) is 30.3 Å². The van der Waals surface area contributed by atoms with Crippen molar-refractivity contribution in [2.75, 3.05) is 0 Å². The Hall–Kier alpha value is -0.950. The first-order valence-electron chi connectivity index (χ1n) is 7.40. The van der Waals surface area contributed by atoms with Crippen molar-refractivity contribution >= 4 is 10.8 Å². The maximum absolute atomic E-state index is 2.41. The molecule has 0 heterocycles. The van der Waals surface area contributed by atoms with Crippen molar-refractivity contribution in [1.82, 2.24) is 0 Å². The Labute approximate surface area is 183 Å². The summed E-state index contributed by atoms with van der Waals surface area (Å²) >= 11 is 0. The molecule has 1 aliphatic rings. The number of hydrogen-bond acceptors (Lipinski definition) is 0. The molecule has 148 valence electrons. The third-order valence-corrected chi connectivity index (χ3v) is 4.20. The van der Waals surface area contributed by atoms with Gasteiger partial charge in [-0.1, -0.05) is 31.9 Å². The van der Waals surface area contributed by atoms with Crippen LogP contribution in [0.4, 0.5) is 0 Å². The summed E-state index contributed by atoms with van der Waals surface area (Å²) in [4.78, 5) is 0. The summed E-state index contributed by atoms with van der Waals surface area (Å²) in [5, 5.41) is 2.87. The zero-order valence-corrected chi connectivity index (χ0v) is 21.7. The molecule has 0 nitrogen and oxygen atoms in total. The van der Waals surface area contributed by atoms with Crippen LogP contribution in [0.15, 0.2) is 54.6 Å². The molecule has 4 rings (SSSR count). The molecule has 0 fully saturated rings. The molecule has 0 spiro atoms. The fourth-order valence-corrected chi connectivity index (χ4v) is 3.24. The van der Waals surface area contributed by atoms with Crippen LogP contribution >= 0.6 is 0 Å². The van der Waals surface area contributed by atoms with Crippen LogP contribution in [0, 0.1) is 49.5 Å². The molecule has 0 unspecified atom stereocenters. The molecule has 0 saturated heterocycles. The van der Waals surface area contributed by atoms with Gasteiger partial charge in [0.25, 0.3) is 0 Å². The average Bonchev–Trinajstić information content (AvgIpc) is 3.08. The van der Waals surface area contributed by atoms with E-state index in [0.717, 1.165) is 0 Å². The number of aryl methyl sites for hydroxylation is 1. The molecule has 0 N–H and O–H groups in total. The van der Waals surface area contributed by atoms with E-state index < -0.39 is 0 Å². The van der Waals surface area contributed by atoms with Crippen molar-refractivity contribution in [3.05, 3.63) is 108 Å². The van der Waals surface area contributed by atoms with Crippen LogP contribution in [0.3, 0.4) is 0 Å². The van der Waals surface area contributed by atoms with Crippen molar-refractivity contribution in [3.63, 3.8) is 0 Å². The van der Waals surface area contributed by atoms with E-state index in [0.29, 0.717) is 5.41 Å². The van der Waals surface area contributed by atoms with E-state index in [1.165, 1.54) is 29.2 Å². The quantitative estimate of drug-likeness (QED) is 0.213. The standard InChI is InChI=1S/C15H17.C5H5.5CH3.Hf/c1-10-4-5-11-6-12-8-15(2,3)9-13(12)7-14(10)11;1-2-4-5-3-1;;;;;;/h4-7H,8-9H2,1-3H3;1-5H;5*1H3;/q7*-1;. The van der Waals surface area contributed by atoms with E-state index in [9.17, 15) is 0 Å². The maximum Gasteiger partial charge on any atom is 0 e. The topological polar surface area (TPSA) is 0 Å². The SMILES string of the molecule is C[c-]1ccc2cc3c(cc21)CC(C)(C)C3.[CH3-].[CH3-].[CH3-].[CH3-].[CH3-].[Hf].c1cc[cH-]c1. The maximum atomic E-state index is 2.41. The summed E-state index contributed by atoms with van der Waals surface area (Å²) in [6.07, 6.45) is 2.48. The third-order valence-electron chi connectivity index (χ3n) is 4.20. The molecule has 0 bridgehead atoms. The van der Waals surface area contributed by atoms with Crippen molar-refractivity contribution < 1.29 is 25.8 Å². The Kier molecular flexibility index (Phi) is 16.7. The van der Waals surface area contributed by atoms with Crippen molar-refractivity contribution in [2.45, 2.75) is 33.6 Å². The summed E-state index contributed by atoms with van der Waals surface area (Å²) in [7, 11) is 0. The van der Waals surface area contributed by atoms with Crippen molar-refractivity contribution in [2.24, 2.45) is 5.41 Å². The van der Waals surface area contributed by atoms with Gasteiger partial charge in [0.1, 0.15) is 0 Å². The molecule has 3 aromatic rings. The van der Waals surface area contributed by atoms with Gasteiger partial charge in [-0.3, -0.25) is 0 Å². The number of hydrogen-bond donors (Lipinski definition) is 0. The van der Waals surface area contributed by atoms with Crippen molar-refractivity contribution in [3.8, 4) is 0 Å². The summed E-state index contributed by atoms with van der Waals surface area (Å²) in [6.45, 7) is 6.93. The Balaban J connectivity index is -0.000000196. The van der Waals surface area contributed by atoms with Gasteiger partial charge in [-0.15, -0.1) is 28.5 Å². The minimum atomic E-state index is 0. The second kappa shape index (κ2) is 13.3. The normalized spacial score (nSPS) is 12.1. The Morgan fingerprint density at radius 2 is 1.38 bits per heavy atom. The van der Waals surface area contributed by atoms with Gasteiger partial charge in [0.15, 0.2) is 0 Å². The summed E-state index contributed by atoms with van der Waals surface area (Å²) < 4.78 is 0. The van der Waals surface area contributed by atoms with Gasteiger partial charge < -0.3 is 37.1 Å². The molecule has 3 aromatic carbocycles. The van der Waals surface area contributed by atoms with Crippen LogP contribution in [0.25, 0.3) is 10.8 Å². The fourth-order valence-electron chi connectivity index (χ4n) is 3.24. The first-order valence-corrected chi connectivity index (χ1v) is 7.40. The Morgan fingerprint density at radius 3 is 1.85 bits per heavy atom. The molecule has 26 heavy (non-hydrogen) atoms. The molecule has 0 aliphatic heterocycles. The summed E-state index contributed by atoms with van der Waals surface area (Å²) in [5.41, 5.74) is 5.02. The number of rotatable bonds is 0. The summed E-state index contributed by atoms with van der Waals surface area (Å²) in [5.74, 6) is 0. The van der Waals surface area contributed by atoms with Crippen molar-refractivity contribution in [1.29, 1.82) is 0 Å². The van der Waals surface area contributed by atoms with Gasteiger partial charge in [0.05, 0.1) is 0 Å². The smallest absolute Gasteiger partial charge is 0 e. The first kappa shape index (κ1) is 32.7. The van der Waals surface area contributed by atoms with E-state index in [-0.39, 0.29) is 63.0 Å². The molecule has 0 saturated carbocycles. The first-order chi connectivity index (χ1) is 9.55. The molecular formula is C25H37Hf-7. The molecule has 1 heteroatoms. The predicted molar refractivity (Wildman–Crippen MR) is 120 cm³/mol. The van der Waals surface area contributed by atoms with Gasteiger partial charge in [0, 0.05) is 25.8 Å². The molecule has 0 amide bonds. The Bertz CT molecular complexity index is 682. The largest absolute Gasteiger partial charge is 0.358 e. The second-order valence-electron chi connectivity index (χ2n) is 6.70. The monoisotopic (exact) mass is 517 g/mol. The minimum Gasteiger partial charge on any atom is -0.358 e. The number of benzene rings is 1. The van der Waals surface area contributed by atoms with Crippen LogP contribution < -0.4 is 0 Å². The van der Waals surface area contributed by atoms with Crippen LogP contribution in [-0.2, 0) is 38.7 Å². The van der Waals surface area contributed by atoms with E-state index >= 15 is 0 Å². The second-order valence-corrected chi connectivity index (χ2v) is 6.70. The minimum absolute atomic E-state index is 0. The van der Waals surface area contributed by atoms with Crippen LogP contribution in [-0.4, -0.2) is 0 Å². The van der Waals surface area contributed by atoms with Gasteiger partial charge in [-0.05, 0) is 18.3 Å². The third kappa shape index (κ3) is 7.35. The summed E-state index contributed by atoms with van der Waals surface area (Å²) in [6, 6.07) is 19.3. The van der Waals surface area contributed by atoms with Gasteiger partial charge in [-0.25, -0.2) is 12.1 Å². The molecule has 0 radical (unpaired) electrons. The van der Waals surface area contributed by atoms with Crippen LogP contribution in [0.1, 0.15) is 30.5 Å². The molecule has 0 aromatic heterocycles. The van der Waals surface area contributed by atoms with E-state index in [1.807, 2.05) is 30.3 Å². The van der Waals surface area contributed by atoms with Crippen LogP contribution in [0.2, 0.25) is 0 Å². The fraction of sp³-hybridized carbons (Fsp3) is 0.240. The molecule has 1 aliphatic carbocycles. The van der Waals surface area contributed by atoms with E-state index in [2.05, 4.69) is 45.0 Å². The zero-order chi connectivity index (χ0) is 14.2. The number of fused-ring (bicyclic) bond motifs is 2. The molecular weight excluding hydrogens is 479 g/mol. The van der Waals surface area contributed by atoms with E-state index in [1.54, 1.807) is 11.1 Å². The van der Waals surface area contributed by atoms with Gasteiger partial charge >= 0.3 is 0 Å². The molecule has 0 atom stereocenters. The zero-order valence-electron chi connectivity index (χ0n) is 18.1. The predicted octanol–water partition coefficient (Wildman–Crippen LogP) is 7.65. The van der Waals surface area contributed by atoms with E-state index in [4.69, 9.17) is 0 Å². The average molecular weight is 516 g/mol.